The van der Waals surface area contributed by atoms with Gasteiger partial charge in [-0.25, -0.2) is 0 Å². The molecule has 0 radical (unpaired) electrons. The number of hydrogen-bond donors (Lipinski definition) is 1. The standard InChI is InChI=1S/C23H22N6O2S/c1-31-20-8-3-2-5-16(20)17-9-10-21(26-25-17)29-13-11-15(12-14-29)23(30)24-18-6-4-7-19-22(18)28-32-27-19/h2-10,15H,11-14H2,1H3,(H,24,30). The number of amides is 1. The number of nitrogens with one attached hydrogen (secondary N) is 1. The number of hydrogen-bond acceptors (Lipinski definition) is 8. The van der Waals surface area contributed by atoms with Gasteiger partial charge in [-0.2, -0.15) is 8.75 Å². The first-order valence-corrected chi connectivity index (χ1v) is 11.2. The van der Waals surface area contributed by atoms with Crippen molar-refractivity contribution in [2.45, 2.75) is 12.8 Å². The maximum Gasteiger partial charge on any atom is 0.227 e. The number of nitrogens with zero attached hydrogens (tertiary/aromatic N) is 5. The molecule has 1 aliphatic rings. The van der Waals surface area contributed by atoms with Crippen LogP contribution in [0.1, 0.15) is 12.8 Å². The van der Waals surface area contributed by atoms with Gasteiger partial charge in [-0.15, -0.1) is 10.2 Å². The van der Waals surface area contributed by atoms with Gasteiger partial charge in [0.2, 0.25) is 5.91 Å². The molecule has 1 fully saturated rings. The predicted octanol–water partition coefficient (Wildman–Crippen LogP) is 4.01. The van der Waals surface area contributed by atoms with Crippen molar-refractivity contribution in [3.8, 4) is 17.0 Å². The van der Waals surface area contributed by atoms with Gasteiger partial charge in [-0.05, 0) is 49.2 Å². The van der Waals surface area contributed by atoms with Crippen molar-refractivity contribution in [1.29, 1.82) is 0 Å². The summed E-state index contributed by atoms with van der Waals surface area (Å²) in [7, 11) is 1.65. The lowest BCUT2D eigenvalue weighted by atomic mass is 9.95. The summed E-state index contributed by atoms with van der Waals surface area (Å²) in [6.07, 6.45) is 1.51. The first-order chi connectivity index (χ1) is 15.7. The Labute approximate surface area is 189 Å². The topological polar surface area (TPSA) is 93.1 Å². The van der Waals surface area contributed by atoms with Gasteiger partial charge >= 0.3 is 0 Å². The second-order valence-corrected chi connectivity index (χ2v) is 8.19. The molecule has 0 aliphatic carbocycles. The van der Waals surface area contributed by atoms with E-state index in [-0.39, 0.29) is 11.8 Å². The van der Waals surface area contributed by atoms with Gasteiger partial charge in [0.25, 0.3) is 0 Å². The summed E-state index contributed by atoms with van der Waals surface area (Å²) in [4.78, 5) is 15.0. The van der Waals surface area contributed by atoms with E-state index >= 15 is 0 Å². The highest BCUT2D eigenvalue weighted by Crippen LogP contribution is 2.29. The van der Waals surface area contributed by atoms with E-state index in [2.05, 4.69) is 29.2 Å². The third-order valence-electron chi connectivity index (χ3n) is 5.77. The summed E-state index contributed by atoms with van der Waals surface area (Å²) >= 11 is 1.15. The van der Waals surface area contributed by atoms with Gasteiger partial charge in [0, 0.05) is 24.6 Å². The number of rotatable bonds is 5. The molecule has 2 aromatic heterocycles. The van der Waals surface area contributed by atoms with E-state index in [0.717, 1.165) is 77.2 Å². The molecule has 0 saturated carbocycles. The van der Waals surface area contributed by atoms with E-state index in [4.69, 9.17) is 4.74 Å². The minimum absolute atomic E-state index is 0.0303. The molecule has 8 nitrogen and oxygen atoms in total. The van der Waals surface area contributed by atoms with E-state index in [1.165, 1.54) is 0 Å². The predicted molar refractivity (Wildman–Crippen MR) is 125 cm³/mol. The summed E-state index contributed by atoms with van der Waals surface area (Å²) < 4.78 is 13.9. The van der Waals surface area contributed by atoms with Crippen molar-refractivity contribution < 1.29 is 9.53 Å². The van der Waals surface area contributed by atoms with E-state index in [0.29, 0.717) is 0 Å². The second-order valence-electron chi connectivity index (χ2n) is 7.67. The lowest BCUT2D eigenvalue weighted by Crippen LogP contribution is -2.38. The molecule has 1 aliphatic heterocycles. The summed E-state index contributed by atoms with van der Waals surface area (Å²) in [5.74, 6) is 1.57. The monoisotopic (exact) mass is 446 g/mol. The highest BCUT2D eigenvalue weighted by molar-refractivity contribution is 7.00. The number of para-hydroxylation sites is 1. The van der Waals surface area contributed by atoms with E-state index in [1.54, 1.807) is 7.11 Å². The molecule has 0 spiro atoms. The van der Waals surface area contributed by atoms with Crippen LogP contribution in [0, 0.1) is 5.92 Å². The molecule has 5 rings (SSSR count). The Morgan fingerprint density at radius 1 is 1.03 bits per heavy atom. The van der Waals surface area contributed by atoms with Crippen LogP contribution in [0.15, 0.2) is 54.6 Å². The number of carbonyl (C=O) groups excluding carboxylic acids is 1. The molecule has 0 bridgehead atoms. The molecule has 9 heteroatoms. The third kappa shape index (κ3) is 3.99. The Hall–Kier alpha value is -3.59. The molecule has 1 amide bonds. The van der Waals surface area contributed by atoms with Crippen molar-refractivity contribution in [2.75, 3.05) is 30.4 Å². The number of carbonyl (C=O) groups is 1. The quantitative estimate of drug-likeness (QED) is 0.495. The van der Waals surface area contributed by atoms with Crippen LogP contribution in [0.2, 0.25) is 0 Å². The first kappa shape index (κ1) is 20.3. The van der Waals surface area contributed by atoms with Crippen molar-refractivity contribution in [3.05, 3.63) is 54.6 Å². The van der Waals surface area contributed by atoms with Crippen LogP contribution in [0.5, 0.6) is 5.75 Å². The number of piperidine rings is 1. The Balaban J connectivity index is 1.22. The average molecular weight is 447 g/mol. The number of anilines is 2. The lowest BCUT2D eigenvalue weighted by molar-refractivity contribution is -0.120. The number of benzene rings is 2. The van der Waals surface area contributed by atoms with Crippen LogP contribution >= 0.6 is 11.7 Å². The Kier molecular flexibility index (Phi) is 5.64. The largest absolute Gasteiger partial charge is 0.496 e. The molecule has 162 valence electrons. The molecular weight excluding hydrogens is 424 g/mol. The summed E-state index contributed by atoms with van der Waals surface area (Å²) in [5, 5.41) is 11.9. The minimum atomic E-state index is -0.0473. The van der Waals surface area contributed by atoms with Gasteiger partial charge < -0.3 is 15.0 Å². The Morgan fingerprint density at radius 2 is 1.88 bits per heavy atom. The van der Waals surface area contributed by atoms with Crippen LogP contribution in [0.4, 0.5) is 11.5 Å². The maximum absolute atomic E-state index is 12.8. The highest BCUT2D eigenvalue weighted by Gasteiger charge is 2.26. The molecule has 2 aromatic carbocycles. The fourth-order valence-electron chi connectivity index (χ4n) is 4.01. The van der Waals surface area contributed by atoms with Crippen molar-refractivity contribution >= 4 is 40.2 Å². The summed E-state index contributed by atoms with van der Waals surface area (Å²) in [5.41, 5.74) is 3.95. The van der Waals surface area contributed by atoms with E-state index in [9.17, 15) is 4.79 Å². The second kappa shape index (κ2) is 8.88. The molecular formula is C23H22N6O2S. The summed E-state index contributed by atoms with van der Waals surface area (Å²) in [6.45, 7) is 1.51. The fraction of sp³-hybridized carbons (Fsp3) is 0.261. The summed E-state index contributed by atoms with van der Waals surface area (Å²) in [6, 6.07) is 17.3. The molecule has 4 aromatic rings. The van der Waals surface area contributed by atoms with Crippen LogP contribution in [-0.4, -0.2) is 45.1 Å². The molecule has 32 heavy (non-hydrogen) atoms. The van der Waals surface area contributed by atoms with Gasteiger partial charge in [-0.3, -0.25) is 4.79 Å². The third-order valence-corrected chi connectivity index (χ3v) is 6.31. The van der Waals surface area contributed by atoms with Gasteiger partial charge in [0.1, 0.15) is 16.8 Å². The molecule has 1 saturated heterocycles. The molecule has 1 N–H and O–H groups in total. The zero-order valence-electron chi connectivity index (χ0n) is 17.6. The van der Waals surface area contributed by atoms with E-state index in [1.807, 2.05) is 54.6 Å². The SMILES string of the molecule is COc1ccccc1-c1ccc(N2CCC(C(=O)Nc3cccc4nsnc34)CC2)nn1. The minimum Gasteiger partial charge on any atom is -0.496 e. The number of fused-ring (bicyclic) bond motifs is 1. The zero-order valence-corrected chi connectivity index (χ0v) is 18.4. The molecule has 0 atom stereocenters. The van der Waals surface area contributed by atoms with Crippen LogP contribution in [-0.2, 0) is 4.79 Å². The van der Waals surface area contributed by atoms with Crippen LogP contribution < -0.4 is 15.0 Å². The molecule has 0 unspecified atom stereocenters. The van der Waals surface area contributed by atoms with Gasteiger partial charge in [0.15, 0.2) is 5.82 Å². The van der Waals surface area contributed by atoms with E-state index < -0.39 is 0 Å². The highest BCUT2D eigenvalue weighted by atomic mass is 32.1. The van der Waals surface area contributed by atoms with Crippen molar-refractivity contribution in [3.63, 3.8) is 0 Å². The molecule has 3 heterocycles. The Morgan fingerprint density at radius 3 is 2.66 bits per heavy atom. The average Bonchev–Trinajstić information content (AvgIpc) is 3.34. The maximum atomic E-state index is 12.8. The Bertz CT molecular complexity index is 1230. The first-order valence-electron chi connectivity index (χ1n) is 10.5. The smallest absolute Gasteiger partial charge is 0.227 e. The number of methoxy groups -OCH3 is 1. The van der Waals surface area contributed by atoms with Gasteiger partial charge in [0.05, 0.1) is 30.2 Å². The van der Waals surface area contributed by atoms with Crippen LogP contribution in [0.25, 0.3) is 22.3 Å². The van der Waals surface area contributed by atoms with Crippen molar-refractivity contribution in [2.24, 2.45) is 5.92 Å². The fourth-order valence-corrected chi connectivity index (χ4v) is 4.56. The normalized spacial score (nSPS) is 14.5. The van der Waals surface area contributed by atoms with Crippen molar-refractivity contribution in [1.82, 2.24) is 18.9 Å². The van der Waals surface area contributed by atoms with Gasteiger partial charge in [-0.1, -0.05) is 18.2 Å². The number of ether oxygens (including phenoxy) is 1. The number of aromatic nitrogens is 4. The van der Waals surface area contributed by atoms with Crippen LogP contribution in [0.3, 0.4) is 0 Å². The lowest BCUT2D eigenvalue weighted by Gasteiger charge is -2.31. The zero-order chi connectivity index (χ0) is 21.9.